The smallest absolute Gasteiger partial charge is 0.0280 e. The molecule has 10 heavy (non-hydrogen) atoms. The molecule has 3 unspecified atom stereocenters. The molecule has 0 aromatic carbocycles. The van der Waals surface area contributed by atoms with Crippen LogP contribution in [0, 0.1) is 0 Å². The Labute approximate surface area is 61.9 Å². The summed E-state index contributed by atoms with van der Waals surface area (Å²) in [4.78, 5) is 0. The van der Waals surface area contributed by atoms with Gasteiger partial charge in [-0.2, -0.15) is 0 Å². The van der Waals surface area contributed by atoms with E-state index < -0.39 is 0 Å². The Balaban J connectivity index is 2.52. The summed E-state index contributed by atoms with van der Waals surface area (Å²) in [6, 6.07) is 0.350. The molecule has 3 atom stereocenters. The third-order valence-electron chi connectivity index (χ3n) is 2.46. The Kier molecular flexibility index (Phi) is 1.99. The molecule has 60 valence electrons. The Morgan fingerprint density at radius 1 is 1.40 bits per heavy atom. The zero-order valence-electron chi connectivity index (χ0n) is 6.51. The topological polar surface area (TPSA) is 78.1 Å². The van der Waals surface area contributed by atoms with E-state index in [1.807, 2.05) is 6.92 Å². The fourth-order valence-corrected chi connectivity index (χ4v) is 1.40. The van der Waals surface area contributed by atoms with Crippen molar-refractivity contribution in [2.45, 2.75) is 43.8 Å². The van der Waals surface area contributed by atoms with E-state index in [-0.39, 0.29) is 17.6 Å². The maximum absolute atomic E-state index is 5.90. The molecular weight excluding hydrogens is 126 g/mol. The van der Waals surface area contributed by atoms with Crippen LogP contribution in [0.1, 0.15) is 26.2 Å². The second-order valence-corrected chi connectivity index (χ2v) is 3.65. The average Bonchev–Trinajstić information content (AvgIpc) is 1.81. The van der Waals surface area contributed by atoms with Crippen LogP contribution in [-0.4, -0.2) is 17.6 Å². The maximum atomic E-state index is 5.90. The van der Waals surface area contributed by atoms with Crippen LogP contribution in [0.15, 0.2) is 0 Å². The highest BCUT2D eigenvalue weighted by molar-refractivity contribution is 4.96. The van der Waals surface area contributed by atoms with E-state index >= 15 is 0 Å². The van der Waals surface area contributed by atoms with E-state index in [1.54, 1.807) is 0 Å². The summed E-state index contributed by atoms with van der Waals surface area (Å²) < 4.78 is 0. The van der Waals surface area contributed by atoms with Crippen molar-refractivity contribution >= 4 is 0 Å². The lowest BCUT2D eigenvalue weighted by molar-refractivity contribution is 0.253. The molecule has 6 N–H and O–H groups in total. The molecule has 3 heteroatoms. The van der Waals surface area contributed by atoms with Crippen LogP contribution >= 0.6 is 0 Å². The zero-order chi connectivity index (χ0) is 7.78. The molecule has 0 heterocycles. The molecule has 0 aromatic heterocycles. The summed E-state index contributed by atoms with van der Waals surface area (Å²) in [7, 11) is 0. The standard InChI is InChI=1S/C7H17N3/c1-7(10)3-2-5(8)4-6(7)9/h5-6H,2-4,8-10H2,1H3. The molecule has 0 saturated heterocycles. The first-order chi connectivity index (χ1) is 4.52. The van der Waals surface area contributed by atoms with Crippen molar-refractivity contribution < 1.29 is 0 Å². The van der Waals surface area contributed by atoms with Gasteiger partial charge in [-0.25, -0.2) is 0 Å². The van der Waals surface area contributed by atoms with Gasteiger partial charge >= 0.3 is 0 Å². The van der Waals surface area contributed by atoms with Gasteiger partial charge < -0.3 is 17.2 Å². The van der Waals surface area contributed by atoms with Crippen LogP contribution in [0.5, 0.6) is 0 Å². The normalized spacial score (nSPS) is 49.2. The Hall–Kier alpha value is -0.120. The monoisotopic (exact) mass is 143 g/mol. The predicted octanol–water partition coefficient (Wildman–Crippen LogP) is -0.458. The molecule has 1 rings (SSSR count). The van der Waals surface area contributed by atoms with Crippen LogP contribution in [-0.2, 0) is 0 Å². The van der Waals surface area contributed by atoms with Crippen molar-refractivity contribution in [3.63, 3.8) is 0 Å². The van der Waals surface area contributed by atoms with Gasteiger partial charge in [0.15, 0.2) is 0 Å². The largest absolute Gasteiger partial charge is 0.328 e. The highest BCUT2D eigenvalue weighted by atomic mass is 14.9. The van der Waals surface area contributed by atoms with Gasteiger partial charge in [-0.3, -0.25) is 0 Å². The summed E-state index contributed by atoms with van der Waals surface area (Å²) >= 11 is 0. The minimum atomic E-state index is -0.185. The molecule has 0 radical (unpaired) electrons. The summed E-state index contributed by atoms with van der Waals surface area (Å²) in [5.74, 6) is 0. The van der Waals surface area contributed by atoms with E-state index in [0.717, 1.165) is 19.3 Å². The van der Waals surface area contributed by atoms with Crippen LogP contribution in [0.3, 0.4) is 0 Å². The van der Waals surface area contributed by atoms with Crippen molar-refractivity contribution in [1.29, 1.82) is 0 Å². The van der Waals surface area contributed by atoms with Crippen LogP contribution in [0.4, 0.5) is 0 Å². The summed E-state index contributed by atoms with van der Waals surface area (Å²) in [5.41, 5.74) is 17.2. The van der Waals surface area contributed by atoms with Gasteiger partial charge in [0, 0.05) is 17.6 Å². The minimum absolute atomic E-state index is 0.0799. The minimum Gasteiger partial charge on any atom is -0.328 e. The summed E-state index contributed by atoms with van der Waals surface area (Å²) in [5, 5.41) is 0. The SMILES string of the molecule is CC1(N)CCC(N)CC1N. The summed E-state index contributed by atoms with van der Waals surface area (Å²) in [6.07, 6.45) is 2.84. The average molecular weight is 143 g/mol. The third-order valence-corrected chi connectivity index (χ3v) is 2.46. The Morgan fingerprint density at radius 3 is 2.40 bits per heavy atom. The fourth-order valence-electron chi connectivity index (χ4n) is 1.40. The first-order valence-electron chi connectivity index (χ1n) is 3.82. The molecule has 0 spiro atoms. The Morgan fingerprint density at radius 2 is 2.00 bits per heavy atom. The molecule has 1 aliphatic rings. The third kappa shape index (κ3) is 1.48. The first kappa shape index (κ1) is 7.98. The second-order valence-electron chi connectivity index (χ2n) is 3.65. The predicted molar refractivity (Wildman–Crippen MR) is 42.4 cm³/mol. The molecule has 1 saturated carbocycles. The second kappa shape index (κ2) is 2.49. The molecule has 3 nitrogen and oxygen atoms in total. The van der Waals surface area contributed by atoms with E-state index in [4.69, 9.17) is 17.2 Å². The van der Waals surface area contributed by atoms with Crippen LogP contribution in [0.2, 0.25) is 0 Å². The number of nitrogens with two attached hydrogens (primary N) is 3. The van der Waals surface area contributed by atoms with Crippen molar-refractivity contribution in [1.82, 2.24) is 0 Å². The number of hydrogen-bond acceptors (Lipinski definition) is 3. The van der Waals surface area contributed by atoms with Gasteiger partial charge in [-0.15, -0.1) is 0 Å². The fraction of sp³-hybridized carbons (Fsp3) is 1.00. The summed E-state index contributed by atoms with van der Waals surface area (Å²) in [6.45, 7) is 2.00. The lowest BCUT2D eigenvalue weighted by Crippen LogP contribution is -2.58. The van der Waals surface area contributed by atoms with Gasteiger partial charge in [-0.05, 0) is 26.2 Å². The highest BCUT2D eigenvalue weighted by Gasteiger charge is 2.32. The van der Waals surface area contributed by atoms with Crippen molar-refractivity contribution in [3.05, 3.63) is 0 Å². The van der Waals surface area contributed by atoms with Gasteiger partial charge in [0.05, 0.1) is 0 Å². The molecule has 1 aliphatic carbocycles. The number of rotatable bonds is 0. The van der Waals surface area contributed by atoms with Gasteiger partial charge in [-0.1, -0.05) is 0 Å². The van der Waals surface area contributed by atoms with Gasteiger partial charge in [0.2, 0.25) is 0 Å². The molecule has 0 aromatic rings. The van der Waals surface area contributed by atoms with E-state index in [9.17, 15) is 0 Å². The lowest BCUT2D eigenvalue weighted by atomic mass is 9.78. The van der Waals surface area contributed by atoms with E-state index in [0.29, 0.717) is 0 Å². The van der Waals surface area contributed by atoms with Crippen molar-refractivity contribution in [2.24, 2.45) is 17.2 Å². The van der Waals surface area contributed by atoms with Gasteiger partial charge in [0.25, 0.3) is 0 Å². The van der Waals surface area contributed by atoms with Crippen molar-refractivity contribution in [3.8, 4) is 0 Å². The first-order valence-corrected chi connectivity index (χ1v) is 3.82. The van der Waals surface area contributed by atoms with E-state index in [1.165, 1.54) is 0 Å². The van der Waals surface area contributed by atoms with E-state index in [2.05, 4.69) is 0 Å². The molecule has 1 fully saturated rings. The molecule has 0 amide bonds. The van der Waals surface area contributed by atoms with Crippen LogP contribution < -0.4 is 17.2 Å². The molecular formula is C7H17N3. The maximum Gasteiger partial charge on any atom is 0.0280 e. The lowest BCUT2D eigenvalue weighted by Gasteiger charge is -2.38. The Bertz CT molecular complexity index is 122. The quantitative estimate of drug-likeness (QED) is 0.429. The highest BCUT2D eigenvalue weighted by Crippen LogP contribution is 2.23. The van der Waals surface area contributed by atoms with Gasteiger partial charge in [0.1, 0.15) is 0 Å². The van der Waals surface area contributed by atoms with Crippen LogP contribution in [0.25, 0.3) is 0 Å². The number of hydrogen-bond donors (Lipinski definition) is 3. The zero-order valence-corrected chi connectivity index (χ0v) is 6.51. The molecule has 0 aliphatic heterocycles. The van der Waals surface area contributed by atoms with Crippen molar-refractivity contribution in [2.75, 3.05) is 0 Å². The molecule has 0 bridgehead atoms.